The first-order valence-electron chi connectivity index (χ1n) is 8.69. The third-order valence-electron chi connectivity index (χ3n) is 4.50. The van der Waals surface area contributed by atoms with E-state index in [0.29, 0.717) is 17.7 Å². The van der Waals surface area contributed by atoms with E-state index < -0.39 is 5.97 Å². The van der Waals surface area contributed by atoms with E-state index in [9.17, 15) is 9.59 Å². The molecule has 0 amide bonds. The fraction of sp³-hybridized carbons (Fsp3) is 0.300. The number of hydrogen-bond acceptors (Lipinski definition) is 5. The third-order valence-corrected chi connectivity index (χ3v) is 4.50. The zero-order valence-electron chi connectivity index (χ0n) is 14.7. The summed E-state index contributed by atoms with van der Waals surface area (Å²) in [6, 6.07) is 14.5. The van der Waals surface area contributed by atoms with Gasteiger partial charge in [0.1, 0.15) is 0 Å². The first kappa shape index (κ1) is 17.8. The van der Waals surface area contributed by atoms with E-state index in [1.807, 2.05) is 24.3 Å². The molecule has 0 radical (unpaired) electrons. The Morgan fingerprint density at radius 1 is 0.846 bits per heavy atom. The van der Waals surface area contributed by atoms with Crippen LogP contribution in [0, 0.1) is 0 Å². The number of carbonyl (C=O) groups is 2. The summed E-state index contributed by atoms with van der Waals surface area (Å²) < 4.78 is 5.00. The molecule has 136 valence electrons. The molecule has 0 atom stereocenters. The molecule has 6 heteroatoms. The lowest BCUT2D eigenvalue weighted by atomic mass is 10.1. The maximum absolute atomic E-state index is 11.7. The maximum Gasteiger partial charge on any atom is 0.338 e. The fourth-order valence-corrected chi connectivity index (χ4v) is 3.06. The van der Waals surface area contributed by atoms with Crippen molar-refractivity contribution >= 4 is 23.3 Å². The molecule has 2 aromatic carbocycles. The Morgan fingerprint density at radius 3 is 1.65 bits per heavy atom. The van der Waals surface area contributed by atoms with Gasteiger partial charge in [0, 0.05) is 37.6 Å². The molecule has 1 heterocycles. The van der Waals surface area contributed by atoms with Crippen LogP contribution in [-0.4, -0.2) is 49.8 Å². The van der Waals surface area contributed by atoms with Crippen molar-refractivity contribution in [2.24, 2.45) is 0 Å². The molecule has 2 aromatic rings. The maximum atomic E-state index is 11.7. The van der Waals surface area contributed by atoms with Crippen LogP contribution < -0.4 is 9.80 Å². The molecule has 0 unspecified atom stereocenters. The number of carboxylic acid groups (broad SMARTS) is 1. The van der Waals surface area contributed by atoms with Crippen LogP contribution in [0.5, 0.6) is 0 Å². The standard InChI is InChI=1S/C20H22N2O4/c1-2-26-20(25)16-5-9-18(10-6-16)22-13-11-21(12-14-22)17-7-3-15(4-8-17)19(23)24/h3-10H,2,11-14H2,1H3,(H,23,24). The van der Waals surface area contributed by atoms with E-state index in [1.165, 1.54) is 0 Å². The Hall–Kier alpha value is -3.02. The molecule has 1 saturated heterocycles. The van der Waals surface area contributed by atoms with E-state index in [1.54, 1.807) is 31.2 Å². The summed E-state index contributed by atoms with van der Waals surface area (Å²) in [6.45, 7) is 5.59. The number of esters is 1. The quantitative estimate of drug-likeness (QED) is 0.833. The highest BCUT2D eigenvalue weighted by Gasteiger charge is 2.18. The van der Waals surface area contributed by atoms with Crippen LogP contribution in [0.25, 0.3) is 0 Å². The normalized spacial score (nSPS) is 14.2. The minimum absolute atomic E-state index is 0.298. The first-order valence-corrected chi connectivity index (χ1v) is 8.69. The summed E-state index contributed by atoms with van der Waals surface area (Å²) in [6.07, 6.45) is 0. The molecule has 0 aliphatic carbocycles. The molecule has 1 aliphatic heterocycles. The first-order chi connectivity index (χ1) is 12.6. The van der Waals surface area contributed by atoms with Crippen molar-refractivity contribution in [3.05, 3.63) is 59.7 Å². The largest absolute Gasteiger partial charge is 0.478 e. The molecule has 26 heavy (non-hydrogen) atoms. The van der Waals surface area contributed by atoms with Gasteiger partial charge in [0.15, 0.2) is 0 Å². The van der Waals surface area contributed by atoms with E-state index in [4.69, 9.17) is 9.84 Å². The van der Waals surface area contributed by atoms with Crippen LogP contribution in [0.3, 0.4) is 0 Å². The minimum Gasteiger partial charge on any atom is -0.478 e. The Labute approximate surface area is 152 Å². The molecule has 1 aliphatic rings. The lowest BCUT2D eigenvalue weighted by molar-refractivity contribution is 0.0526. The molecule has 3 rings (SSSR count). The Kier molecular flexibility index (Phi) is 5.41. The van der Waals surface area contributed by atoms with Gasteiger partial charge in [0.2, 0.25) is 0 Å². The SMILES string of the molecule is CCOC(=O)c1ccc(N2CCN(c3ccc(C(=O)O)cc3)CC2)cc1. The van der Waals surface area contributed by atoms with Crippen molar-refractivity contribution in [2.45, 2.75) is 6.92 Å². The van der Waals surface area contributed by atoms with Crippen molar-refractivity contribution in [3.63, 3.8) is 0 Å². The smallest absolute Gasteiger partial charge is 0.338 e. The topological polar surface area (TPSA) is 70.1 Å². The van der Waals surface area contributed by atoms with Gasteiger partial charge in [-0.3, -0.25) is 0 Å². The average Bonchev–Trinajstić information content (AvgIpc) is 2.68. The van der Waals surface area contributed by atoms with Crippen LogP contribution in [0.1, 0.15) is 27.6 Å². The minimum atomic E-state index is -0.910. The van der Waals surface area contributed by atoms with Crippen LogP contribution >= 0.6 is 0 Å². The molecule has 6 nitrogen and oxygen atoms in total. The van der Waals surface area contributed by atoms with Crippen LogP contribution in [0.4, 0.5) is 11.4 Å². The second-order valence-corrected chi connectivity index (χ2v) is 6.09. The number of rotatable bonds is 5. The number of carbonyl (C=O) groups excluding carboxylic acids is 1. The third kappa shape index (κ3) is 3.96. The number of ether oxygens (including phenoxy) is 1. The van der Waals surface area contributed by atoms with E-state index >= 15 is 0 Å². The van der Waals surface area contributed by atoms with Crippen LogP contribution in [0.15, 0.2) is 48.5 Å². The lowest BCUT2D eigenvalue weighted by Gasteiger charge is -2.37. The second-order valence-electron chi connectivity index (χ2n) is 6.09. The lowest BCUT2D eigenvalue weighted by Crippen LogP contribution is -2.46. The van der Waals surface area contributed by atoms with Gasteiger partial charge < -0.3 is 19.6 Å². The Bertz CT molecular complexity index is 763. The van der Waals surface area contributed by atoms with Crippen LogP contribution in [-0.2, 0) is 4.74 Å². The number of carboxylic acids is 1. The predicted molar refractivity (Wildman–Crippen MR) is 100 cm³/mol. The van der Waals surface area contributed by atoms with E-state index in [-0.39, 0.29) is 5.97 Å². The Balaban J connectivity index is 1.59. The zero-order valence-corrected chi connectivity index (χ0v) is 14.7. The average molecular weight is 354 g/mol. The van der Waals surface area contributed by atoms with Gasteiger partial charge in [-0.15, -0.1) is 0 Å². The second kappa shape index (κ2) is 7.91. The van der Waals surface area contributed by atoms with E-state index in [0.717, 1.165) is 37.6 Å². The van der Waals surface area contributed by atoms with Crippen molar-refractivity contribution in [1.82, 2.24) is 0 Å². The van der Waals surface area contributed by atoms with Crippen molar-refractivity contribution in [2.75, 3.05) is 42.6 Å². The monoisotopic (exact) mass is 354 g/mol. The fourth-order valence-electron chi connectivity index (χ4n) is 3.06. The molecule has 0 spiro atoms. The van der Waals surface area contributed by atoms with Gasteiger partial charge in [-0.05, 0) is 55.5 Å². The number of hydrogen-bond donors (Lipinski definition) is 1. The van der Waals surface area contributed by atoms with Crippen molar-refractivity contribution in [1.29, 1.82) is 0 Å². The molecule has 1 fully saturated rings. The van der Waals surface area contributed by atoms with Gasteiger partial charge in [0.05, 0.1) is 17.7 Å². The highest BCUT2D eigenvalue weighted by molar-refractivity contribution is 5.90. The summed E-state index contributed by atoms with van der Waals surface area (Å²) >= 11 is 0. The number of anilines is 2. The van der Waals surface area contributed by atoms with Gasteiger partial charge in [-0.2, -0.15) is 0 Å². The summed E-state index contributed by atoms with van der Waals surface area (Å²) in [7, 11) is 0. The van der Waals surface area contributed by atoms with Crippen molar-refractivity contribution in [3.8, 4) is 0 Å². The van der Waals surface area contributed by atoms with Gasteiger partial charge >= 0.3 is 11.9 Å². The van der Waals surface area contributed by atoms with Gasteiger partial charge in [-0.1, -0.05) is 0 Å². The molecule has 0 saturated carbocycles. The molecular formula is C20H22N2O4. The zero-order chi connectivity index (χ0) is 18.5. The highest BCUT2D eigenvalue weighted by atomic mass is 16.5. The Morgan fingerprint density at radius 2 is 1.27 bits per heavy atom. The van der Waals surface area contributed by atoms with E-state index in [2.05, 4.69) is 9.80 Å². The summed E-state index contributed by atoms with van der Waals surface area (Å²) in [5, 5.41) is 8.98. The number of aromatic carboxylic acids is 1. The molecule has 1 N–H and O–H groups in total. The molecular weight excluding hydrogens is 332 g/mol. The van der Waals surface area contributed by atoms with Gasteiger partial charge in [0.25, 0.3) is 0 Å². The number of piperazine rings is 1. The number of benzene rings is 2. The van der Waals surface area contributed by atoms with Gasteiger partial charge in [-0.25, -0.2) is 9.59 Å². The predicted octanol–water partition coefficient (Wildman–Crippen LogP) is 2.89. The number of nitrogens with zero attached hydrogens (tertiary/aromatic N) is 2. The summed E-state index contributed by atoms with van der Waals surface area (Å²) in [5.41, 5.74) is 2.98. The van der Waals surface area contributed by atoms with Crippen molar-refractivity contribution < 1.29 is 19.4 Å². The van der Waals surface area contributed by atoms with Crippen LogP contribution in [0.2, 0.25) is 0 Å². The summed E-state index contributed by atoms with van der Waals surface area (Å²) in [5.74, 6) is -1.21. The molecule has 0 aromatic heterocycles. The summed E-state index contributed by atoms with van der Waals surface area (Å²) in [4.78, 5) is 27.2. The molecule has 0 bridgehead atoms. The highest BCUT2D eigenvalue weighted by Crippen LogP contribution is 2.21.